The summed E-state index contributed by atoms with van der Waals surface area (Å²) in [7, 11) is 0. The van der Waals surface area contributed by atoms with E-state index in [4.69, 9.17) is 15.2 Å². The van der Waals surface area contributed by atoms with Crippen molar-refractivity contribution in [1.82, 2.24) is 0 Å². The first-order valence-corrected chi connectivity index (χ1v) is 6.95. The van der Waals surface area contributed by atoms with Crippen LogP contribution in [0.3, 0.4) is 0 Å². The lowest BCUT2D eigenvalue weighted by Gasteiger charge is -2.20. The Morgan fingerprint density at radius 3 is 2.48 bits per heavy atom. The second-order valence-electron chi connectivity index (χ2n) is 5.45. The van der Waals surface area contributed by atoms with Crippen molar-refractivity contribution in [1.29, 1.82) is 0 Å². The number of primary amides is 1. The van der Waals surface area contributed by atoms with E-state index in [1.54, 1.807) is 0 Å². The molecule has 1 fully saturated rings. The number of hydrogen-bond acceptors (Lipinski definition) is 5. The van der Waals surface area contributed by atoms with E-state index in [2.05, 4.69) is 0 Å². The molecule has 1 amide bonds. The summed E-state index contributed by atoms with van der Waals surface area (Å²) in [5, 5.41) is 11.3. The molecule has 1 unspecified atom stereocenters. The van der Waals surface area contributed by atoms with Gasteiger partial charge in [-0.15, -0.1) is 0 Å². The number of nitrogens with two attached hydrogens (primary N) is 1. The van der Waals surface area contributed by atoms with Gasteiger partial charge in [0.15, 0.2) is 11.5 Å². The largest absolute Gasteiger partial charge is 0.454 e. The second kappa shape index (κ2) is 5.23. The maximum absolute atomic E-state index is 11.9. The van der Waals surface area contributed by atoms with Gasteiger partial charge in [-0.25, -0.2) is 0 Å². The molecule has 1 heterocycles. The third-order valence-electron chi connectivity index (χ3n) is 4.23. The Hall–Kier alpha value is -2.31. The van der Waals surface area contributed by atoms with E-state index in [9.17, 15) is 14.9 Å². The normalized spacial score (nSPS) is 18.7. The summed E-state index contributed by atoms with van der Waals surface area (Å²) in [6, 6.07) is 2.86. The molecule has 21 heavy (non-hydrogen) atoms. The van der Waals surface area contributed by atoms with Crippen LogP contribution >= 0.6 is 0 Å². The number of carbonyl (C=O) groups is 1. The van der Waals surface area contributed by atoms with Gasteiger partial charge in [-0.1, -0.05) is 12.8 Å². The van der Waals surface area contributed by atoms with Crippen molar-refractivity contribution in [3.8, 4) is 11.5 Å². The number of fused-ring (bicyclic) bond motifs is 1. The maximum Gasteiger partial charge on any atom is 0.277 e. The predicted octanol–water partition coefficient (Wildman–Crippen LogP) is 2.08. The van der Waals surface area contributed by atoms with Crippen molar-refractivity contribution >= 4 is 11.6 Å². The molecule has 1 aliphatic carbocycles. The monoisotopic (exact) mass is 292 g/mol. The van der Waals surface area contributed by atoms with Gasteiger partial charge in [0.25, 0.3) is 5.69 Å². The molecule has 7 heteroatoms. The van der Waals surface area contributed by atoms with Gasteiger partial charge in [0, 0.05) is 5.56 Å². The quantitative estimate of drug-likeness (QED) is 0.675. The van der Waals surface area contributed by atoms with E-state index in [0.29, 0.717) is 17.1 Å². The Morgan fingerprint density at radius 1 is 1.29 bits per heavy atom. The first-order chi connectivity index (χ1) is 10.1. The molecule has 0 spiro atoms. The minimum absolute atomic E-state index is 0.0284. The van der Waals surface area contributed by atoms with Crippen LogP contribution in [0.25, 0.3) is 0 Å². The highest BCUT2D eigenvalue weighted by molar-refractivity contribution is 5.84. The Bertz CT molecular complexity index is 595. The molecule has 0 bridgehead atoms. The fourth-order valence-electron chi connectivity index (χ4n) is 3.28. The SMILES string of the molecule is NC(=O)C(c1cc2c(cc1[N+](=O)[O-])OCO2)C1CCCC1. The lowest BCUT2D eigenvalue weighted by molar-refractivity contribution is -0.385. The van der Waals surface area contributed by atoms with Gasteiger partial charge in [-0.2, -0.15) is 0 Å². The Morgan fingerprint density at radius 2 is 1.90 bits per heavy atom. The summed E-state index contributed by atoms with van der Waals surface area (Å²) in [4.78, 5) is 22.7. The number of benzene rings is 1. The molecule has 0 aromatic heterocycles. The molecular weight excluding hydrogens is 276 g/mol. The van der Waals surface area contributed by atoms with Crippen molar-refractivity contribution in [2.45, 2.75) is 31.6 Å². The minimum atomic E-state index is -0.651. The molecule has 1 saturated carbocycles. The zero-order valence-electron chi connectivity index (χ0n) is 11.4. The first-order valence-electron chi connectivity index (χ1n) is 6.95. The number of amides is 1. The molecule has 1 aromatic rings. The van der Waals surface area contributed by atoms with Crippen LogP contribution in [-0.2, 0) is 4.79 Å². The van der Waals surface area contributed by atoms with Crippen molar-refractivity contribution in [2.24, 2.45) is 11.7 Å². The first kappa shape index (κ1) is 13.7. The van der Waals surface area contributed by atoms with Crippen LogP contribution in [0.2, 0.25) is 0 Å². The maximum atomic E-state index is 11.9. The number of rotatable bonds is 4. The van der Waals surface area contributed by atoms with Crippen LogP contribution in [0, 0.1) is 16.0 Å². The summed E-state index contributed by atoms with van der Waals surface area (Å²) in [6.07, 6.45) is 3.76. The molecule has 2 N–H and O–H groups in total. The van der Waals surface area contributed by atoms with E-state index >= 15 is 0 Å². The summed E-state index contributed by atoms with van der Waals surface area (Å²) in [5.74, 6) is -0.354. The van der Waals surface area contributed by atoms with Crippen molar-refractivity contribution in [2.75, 3.05) is 6.79 Å². The van der Waals surface area contributed by atoms with Crippen LogP contribution in [0.4, 0.5) is 5.69 Å². The molecule has 0 radical (unpaired) electrons. The van der Waals surface area contributed by atoms with E-state index < -0.39 is 16.7 Å². The Kier molecular flexibility index (Phi) is 3.40. The fourth-order valence-corrected chi connectivity index (χ4v) is 3.28. The highest BCUT2D eigenvalue weighted by atomic mass is 16.7. The van der Waals surface area contributed by atoms with E-state index in [1.165, 1.54) is 12.1 Å². The van der Waals surface area contributed by atoms with Crippen LogP contribution < -0.4 is 15.2 Å². The van der Waals surface area contributed by atoms with Gasteiger partial charge in [-0.3, -0.25) is 14.9 Å². The highest BCUT2D eigenvalue weighted by Gasteiger charge is 2.36. The van der Waals surface area contributed by atoms with Crippen LogP contribution in [-0.4, -0.2) is 17.6 Å². The smallest absolute Gasteiger partial charge is 0.277 e. The summed E-state index contributed by atoms with van der Waals surface area (Å²) in [5.41, 5.74) is 5.74. The number of carbonyl (C=O) groups excluding carboxylic acids is 1. The van der Waals surface area contributed by atoms with Gasteiger partial charge >= 0.3 is 0 Å². The molecule has 1 aromatic carbocycles. The third kappa shape index (κ3) is 2.39. The molecule has 3 rings (SSSR count). The molecule has 7 nitrogen and oxygen atoms in total. The number of hydrogen-bond donors (Lipinski definition) is 1. The summed E-state index contributed by atoms with van der Waals surface area (Å²) >= 11 is 0. The summed E-state index contributed by atoms with van der Waals surface area (Å²) < 4.78 is 10.4. The van der Waals surface area contributed by atoms with Crippen LogP contribution in [0.5, 0.6) is 11.5 Å². The van der Waals surface area contributed by atoms with Crippen molar-refractivity contribution in [3.63, 3.8) is 0 Å². The number of nitro groups is 1. The minimum Gasteiger partial charge on any atom is -0.454 e. The van der Waals surface area contributed by atoms with Gasteiger partial charge in [0.05, 0.1) is 16.9 Å². The highest BCUT2D eigenvalue weighted by Crippen LogP contribution is 2.45. The third-order valence-corrected chi connectivity index (χ3v) is 4.23. The lowest BCUT2D eigenvalue weighted by Crippen LogP contribution is -2.27. The number of nitrogens with zero attached hydrogens (tertiary/aromatic N) is 1. The van der Waals surface area contributed by atoms with Crippen molar-refractivity contribution < 1.29 is 19.2 Å². The van der Waals surface area contributed by atoms with Gasteiger partial charge in [-0.05, 0) is 24.8 Å². The van der Waals surface area contributed by atoms with Crippen molar-refractivity contribution in [3.05, 3.63) is 27.8 Å². The van der Waals surface area contributed by atoms with Gasteiger partial charge < -0.3 is 15.2 Å². The molecule has 0 saturated heterocycles. The standard InChI is InChI=1S/C14H16N2O5/c15-14(17)13(8-3-1-2-4-8)9-5-11-12(21-7-20-11)6-10(9)16(18)19/h5-6,8,13H,1-4,7H2,(H2,15,17). The Labute approximate surface area is 121 Å². The van der Waals surface area contributed by atoms with E-state index in [0.717, 1.165) is 25.7 Å². The average molecular weight is 292 g/mol. The second-order valence-corrected chi connectivity index (χ2v) is 5.45. The predicted molar refractivity (Wildman–Crippen MR) is 73.1 cm³/mol. The average Bonchev–Trinajstić information content (AvgIpc) is 3.07. The molecule has 1 aliphatic heterocycles. The van der Waals surface area contributed by atoms with E-state index in [1.807, 2.05) is 0 Å². The van der Waals surface area contributed by atoms with Crippen LogP contribution in [0.1, 0.15) is 37.2 Å². The topological polar surface area (TPSA) is 105 Å². The molecule has 1 atom stereocenters. The zero-order valence-corrected chi connectivity index (χ0v) is 11.4. The number of ether oxygens (including phenoxy) is 2. The van der Waals surface area contributed by atoms with E-state index in [-0.39, 0.29) is 18.4 Å². The lowest BCUT2D eigenvalue weighted by atomic mass is 9.83. The molecule has 112 valence electrons. The Balaban J connectivity index is 2.09. The van der Waals surface area contributed by atoms with Gasteiger partial charge in [0.1, 0.15) is 0 Å². The molecule has 2 aliphatic rings. The summed E-state index contributed by atoms with van der Waals surface area (Å²) in [6.45, 7) is 0.0284. The fraction of sp³-hybridized carbons (Fsp3) is 0.500. The zero-order chi connectivity index (χ0) is 15.0. The molecular formula is C14H16N2O5. The van der Waals surface area contributed by atoms with Crippen LogP contribution in [0.15, 0.2) is 12.1 Å². The van der Waals surface area contributed by atoms with Gasteiger partial charge in [0.2, 0.25) is 12.7 Å². The number of nitro benzene ring substituents is 1.